The quantitative estimate of drug-likeness (QED) is 0.839. The molecule has 0 radical (unpaired) electrons. The first-order valence-corrected chi connectivity index (χ1v) is 8.36. The first kappa shape index (κ1) is 17.5. The lowest BCUT2D eigenvalue weighted by molar-refractivity contribution is -0.134. The van der Waals surface area contributed by atoms with Gasteiger partial charge in [-0.2, -0.15) is 0 Å². The predicted octanol–water partition coefficient (Wildman–Crippen LogP) is 3.42. The Hall–Kier alpha value is -1.81. The van der Waals surface area contributed by atoms with Crippen molar-refractivity contribution in [3.8, 4) is 5.75 Å². The highest BCUT2D eigenvalue weighted by Gasteiger charge is 2.28. The van der Waals surface area contributed by atoms with Crippen molar-refractivity contribution < 1.29 is 14.6 Å². The fourth-order valence-electron chi connectivity index (χ4n) is 3.44. The Bertz CT molecular complexity index is 532. The van der Waals surface area contributed by atoms with Gasteiger partial charge < -0.3 is 15.2 Å². The van der Waals surface area contributed by atoms with E-state index in [-0.39, 0.29) is 0 Å². The van der Waals surface area contributed by atoms with Crippen molar-refractivity contribution in [1.29, 1.82) is 0 Å². The number of hydrogen-bond donors (Lipinski definition) is 2. The minimum absolute atomic E-state index is 0.549. The van der Waals surface area contributed by atoms with Gasteiger partial charge in [0, 0.05) is 13.0 Å². The van der Waals surface area contributed by atoms with Crippen LogP contribution in [-0.4, -0.2) is 30.8 Å². The molecule has 0 saturated carbocycles. The Balaban J connectivity index is 0.000000433. The minimum Gasteiger partial charge on any atom is -0.497 e. The number of aliphatic carboxylic acids is 1. The van der Waals surface area contributed by atoms with Gasteiger partial charge in [-0.15, -0.1) is 0 Å². The number of allylic oxidation sites excluding steroid dienone is 1. The Labute approximate surface area is 138 Å². The number of carboxylic acids is 1. The number of ether oxygens (including phenoxy) is 1. The van der Waals surface area contributed by atoms with Crippen molar-refractivity contribution in [2.45, 2.75) is 45.1 Å². The number of methoxy groups -OCH3 is 1. The standard InChI is InChI=1S/C17H23NO.C2H4O2/c1-19-15-8-6-13(7-9-15)12-17-16-5-3-2-4-14(16)10-11-18-17;1-2(3)4/h5-9,14,17-18H,2-4,10-12H2,1H3;1H3,(H,3,4)/t14?,17-;/m1./s1. The number of fused-ring (bicyclic) bond motifs is 1. The van der Waals surface area contributed by atoms with Crippen LogP contribution in [0.4, 0.5) is 0 Å². The molecule has 0 bridgehead atoms. The average molecular weight is 317 g/mol. The second-order valence-corrected chi connectivity index (χ2v) is 6.20. The van der Waals surface area contributed by atoms with Crippen molar-refractivity contribution in [2.24, 2.45) is 5.92 Å². The average Bonchev–Trinajstić information content (AvgIpc) is 2.55. The Kier molecular flexibility index (Phi) is 6.66. The highest BCUT2D eigenvalue weighted by Crippen LogP contribution is 2.33. The third-order valence-corrected chi connectivity index (χ3v) is 4.49. The maximum atomic E-state index is 9.00. The number of rotatable bonds is 3. The van der Waals surface area contributed by atoms with E-state index < -0.39 is 5.97 Å². The highest BCUT2D eigenvalue weighted by atomic mass is 16.5. The molecule has 2 N–H and O–H groups in total. The summed E-state index contributed by atoms with van der Waals surface area (Å²) in [5.74, 6) is 0.952. The van der Waals surface area contributed by atoms with Gasteiger partial charge in [-0.3, -0.25) is 4.79 Å². The van der Waals surface area contributed by atoms with Gasteiger partial charge >= 0.3 is 0 Å². The Morgan fingerprint density at radius 3 is 2.65 bits per heavy atom. The van der Waals surface area contributed by atoms with E-state index in [9.17, 15) is 0 Å². The molecule has 1 fully saturated rings. The first-order chi connectivity index (χ1) is 11.1. The molecule has 1 aliphatic carbocycles. The monoisotopic (exact) mass is 317 g/mol. The third kappa shape index (κ3) is 5.39. The minimum atomic E-state index is -0.833. The van der Waals surface area contributed by atoms with Crippen LogP contribution in [0.3, 0.4) is 0 Å². The van der Waals surface area contributed by atoms with Gasteiger partial charge in [0.25, 0.3) is 5.97 Å². The molecule has 1 saturated heterocycles. The molecule has 4 nitrogen and oxygen atoms in total. The second kappa shape index (κ2) is 8.73. The summed E-state index contributed by atoms with van der Waals surface area (Å²) in [6.45, 7) is 2.25. The molecule has 23 heavy (non-hydrogen) atoms. The lowest BCUT2D eigenvalue weighted by Crippen LogP contribution is -2.42. The summed E-state index contributed by atoms with van der Waals surface area (Å²) >= 11 is 0. The molecule has 4 heteroatoms. The summed E-state index contributed by atoms with van der Waals surface area (Å²) in [6.07, 6.45) is 8.97. The maximum Gasteiger partial charge on any atom is 0.300 e. The lowest BCUT2D eigenvalue weighted by Gasteiger charge is -2.36. The predicted molar refractivity (Wildman–Crippen MR) is 91.8 cm³/mol. The lowest BCUT2D eigenvalue weighted by atomic mass is 9.77. The van der Waals surface area contributed by atoms with Crippen LogP contribution >= 0.6 is 0 Å². The molecule has 2 aliphatic rings. The summed E-state index contributed by atoms with van der Waals surface area (Å²) in [7, 11) is 1.72. The van der Waals surface area contributed by atoms with E-state index in [0.29, 0.717) is 6.04 Å². The van der Waals surface area contributed by atoms with Crippen LogP contribution in [0, 0.1) is 5.92 Å². The SMILES string of the molecule is CC(=O)O.COc1ccc(C[C@H]2NCCC3CCCC=C32)cc1. The Morgan fingerprint density at radius 2 is 2.00 bits per heavy atom. The van der Waals surface area contributed by atoms with Crippen molar-refractivity contribution in [3.63, 3.8) is 0 Å². The zero-order chi connectivity index (χ0) is 16.7. The van der Waals surface area contributed by atoms with Gasteiger partial charge in [0.15, 0.2) is 0 Å². The summed E-state index contributed by atoms with van der Waals surface area (Å²) in [4.78, 5) is 9.00. The van der Waals surface area contributed by atoms with Crippen LogP contribution in [0.2, 0.25) is 0 Å². The molecular formula is C19H27NO3. The van der Waals surface area contributed by atoms with Gasteiger partial charge in [0.2, 0.25) is 0 Å². The van der Waals surface area contributed by atoms with Gasteiger partial charge in [-0.05, 0) is 62.3 Å². The summed E-state index contributed by atoms with van der Waals surface area (Å²) in [5.41, 5.74) is 3.07. The first-order valence-electron chi connectivity index (χ1n) is 8.36. The smallest absolute Gasteiger partial charge is 0.300 e. The molecule has 2 atom stereocenters. The number of hydrogen-bond acceptors (Lipinski definition) is 3. The molecule has 1 aromatic rings. The van der Waals surface area contributed by atoms with Crippen molar-refractivity contribution >= 4 is 5.97 Å². The topological polar surface area (TPSA) is 58.6 Å². The molecule has 126 valence electrons. The number of nitrogens with one attached hydrogen (secondary N) is 1. The van der Waals surface area contributed by atoms with E-state index in [4.69, 9.17) is 14.6 Å². The van der Waals surface area contributed by atoms with Crippen LogP contribution in [0.1, 0.15) is 38.2 Å². The number of carboxylic acid groups (broad SMARTS) is 1. The molecule has 1 unspecified atom stereocenters. The second-order valence-electron chi connectivity index (χ2n) is 6.20. The van der Waals surface area contributed by atoms with E-state index in [1.165, 1.54) is 37.8 Å². The van der Waals surface area contributed by atoms with E-state index in [1.807, 2.05) is 0 Å². The fraction of sp³-hybridized carbons (Fsp3) is 0.526. The van der Waals surface area contributed by atoms with E-state index in [0.717, 1.165) is 25.0 Å². The zero-order valence-electron chi connectivity index (χ0n) is 14.0. The molecule has 1 aliphatic heterocycles. The van der Waals surface area contributed by atoms with E-state index >= 15 is 0 Å². The van der Waals surface area contributed by atoms with Gasteiger partial charge in [-0.25, -0.2) is 0 Å². The van der Waals surface area contributed by atoms with Crippen LogP contribution in [-0.2, 0) is 11.2 Å². The molecule has 3 rings (SSSR count). The van der Waals surface area contributed by atoms with Crippen molar-refractivity contribution in [1.82, 2.24) is 5.32 Å². The Morgan fingerprint density at radius 1 is 1.30 bits per heavy atom. The number of piperidine rings is 1. The number of carbonyl (C=O) groups is 1. The molecule has 0 spiro atoms. The van der Waals surface area contributed by atoms with E-state index in [2.05, 4.69) is 35.7 Å². The largest absolute Gasteiger partial charge is 0.497 e. The maximum absolute atomic E-state index is 9.00. The third-order valence-electron chi connectivity index (χ3n) is 4.49. The summed E-state index contributed by atoms with van der Waals surface area (Å²) < 4.78 is 5.22. The normalized spacial score (nSPS) is 23.0. The van der Waals surface area contributed by atoms with Gasteiger partial charge in [-0.1, -0.05) is 23.8 Å². The summed E-state index contributed by atoms with van der Waals surface area (Å²) in [5, 5.41) is 11.1. The molecular weight excluding hydrogens is 290 g/mol. The number of benzene rings is 1. The summed E-state index contributed by atoms with van der Waals surface area (Å²) in [6, 6.07) is 9.05. The van der Waals surface area contributed by atoms with Crippen LogP contribution in [0.25, 0.3) is 0 Å². The fourth-order valence-corrected chi connectivity index (χ4v) is 3.44. The molecule has 0 amide bonds. The van der Waals surface area contributed by atoms with Crippen molar-refractivity contribution in [2.75, 3.05) is 13.7 Å². The van der Waals surface area contributed by atoms with E-state index in [1.54, 1.807) is 12.7 Å². The van der Waals surface area contributed by atoms with Gasteiger partial charge in [0.1, 0.15) is 5.75 Å². The highest BCUT2D eigenvalue weighted by molar-refractivity contribution is 5.62. The molecule has 1 heterocycles. The van der Waals surface area contributed by atoms with Crippen LogP contribution in [0.5, 0.6) is 5.75 Å². The molecule has 0 aromatic heterocycles. The van der Waals surface area contributed by atoms with Crippen LogP contribution < -0.4 is 10.1 Å². The molecule has 1 aromatic carbocycles. The van der Waals surface area contributed by atoms with Crippen molar-refractivity contribution in [3.05, 3.63) is 41.5 Å². The van der Waals surface area contributed by atoms with Crippen LogP contribution in [0.15, 0.2) is 35.9 Å². The zero-order valence-corrected chi connectivity index (χ0v) is 14.0. The van der Waals surface area contributed by atoms with Gasteiger partial charge in [0.05, 0.1) is 7.11 Å².